The minimum Gasteiger partial charge on any atom is -0.497 e. The highest BCUT2D eigenvalue weighted by molar-refractivity contribution is 7.89. The summed E-state index contributed by atoms with van der Waals surface area (Å²) in [5, 5.41) is 3.26. The van der Waals surface area contributed by atoms with Crippen LogP contribution in [0.2, 0.25) is 0 Å². The lowest BCUT2D eigenvalue weighted by Crippen LogP contribution is -2.49. The molecule has 0 bridgehead atoms. The second-order valence-corrected chi connectivity index (χ2v) is 9.70. The van der Waals surface area contributed by atoms with Crippen LogP contribution in [0, 0.1) is 0 Å². The zero-order valence-electron chi connectivity index (χ0n) is 15.9. The number of aromatic nitrogens is 1. The van der Waals surface area contributed by atoms with Gasteiger partial charge >= 0.3 is 0 Å². The van der Waals surface area contributed by atoms with Crippen LogP contribution in [0.25, 0.3) is 10.2 Å². The summed E-state index contributed by atoms with van der Waals surface area (Å²) >= 11 is 1.33. The van der Waals surface area contributed by atoms with E-state index in [1.165, 1.54) is 15.6 Å². The van der Waals surface area contributed by atoms with E-state index in [1.54, 1.807) is 37.4 Å². The van der Waals surface area contributed by atoms with E-state index in [0.717, 1.165) is 23.1 Å². The van der Waals surface area contributed by atoms with Gasteiger partial charge in [0.1, 0.15) is 11.8 Å². The van der Waals surface area contributed by atoms with Crippen molar-refractivity contribution in [1.82, 2.24) is 9.29 Å². The van der Waals surface area contributed by atoms with Gasteiger partial charge in [0.25, 0.3) is 0 Å². The largest absolute Gasteiger partial charge is 0.497 e. The second kappa shape index (κ2) is 8.10. The van der Waals surface area contributed by atoms with Gasteiger partial charge in [0.05, 0.1) is 22.2 Å². The maximum absolute atomic E-state index is 13.1. The number of thiazole rings is 1. The molecule has 1 aliphatic heterocycles. The van der Waals surface area contributed by atoms with Crippen molar-refractivity contribution in [1.29, 1.82) is 0 Å². The predicted molar refractivity (Wildman–Crippen MR) is 113 cm³/mol. The number of methoxy groups -OCH3 is 1. The standard InChI is InChI=1S/C20H21N3O4S2/c1-27-14-10-11-16-18(13-14)28-20(21-16)22-19(24)17-9-5-6-12-23(17)29(25,26)15-7-3-2-4-8-15/h2-4,7-8,10-11,13,17H,5-6,9,12H2,1H3,(H,21,22,24). The lowest BCUT2D eigenvalue weighted by molar-refractivity contribution is -0.120. The van der Waals surface area contributed by atoms with Gasteiger partial charge in [-0.05, 0) is 43.2 Å². The predicted octanol–water partition coefficient (Wildman–Crippen LogP) is 3.49. The zero-order valence-corrected chi connectivity index (χ0v) is 17.5. The molecule has 3 aromatic rings. The summed E-state index contributed by atoms with van der Waals surface area (Å²) in [5.74, 6) is 0.363. The molecular weight excluding hydrogens is 410 g/mol. The maximum atomic E-state index is 13.1. The third-order valence-corrected chi connectivity index (χ3v) is 7.79. The highest BCUT2D eigenvalue weighted by Crippen LogP contribution is 2.31. The number of anilines is 1. The van der Waals surface area contributed by atoms with Gasteiger partial charge in [-0.25, -0.2) is 13.4 Å². The molecule has 9 heteroatoms. The fraction of sp³-hybridized carbons (Fsp3) is 0.300. The first-order chi connectivity index (χ1) is 14.0. The summed E-state index contributed by atoms with van der Waals surface area (Å²) in [4.78, 5) is 17.6. The third kappa shape index (κ3) is 3.98. The van der Waals surface area contributed by atoms with Crippen LogP contribution in [0.5, 0.6) is 5.75 Å². The minimum absolute atomic E-state index is 0.201. The number of rotatable bonds is 5. The van der Waals surface area contributed by atoms with Crippen molar-refractivity contribution in [3.05, 3.63) is 48.5 Å². The molecule has 1 aliphatic rings. The number of fused-ring (bicyclic) bond motifs is 1. The highest BCUT2D eigenvalue weighted by Gasteiger charge is 2.37. The molecule has 4 rings (SSSR count). The first-order valence-electron chi connectivity index (χ1n) is 9.31. The molecule has 2 heterocycles. The summed E-state index contributed by atoms with van der Waals surface area (Å²) in [7, 11) is -2.15. The number of amides is 1. The molecule has 1 N–H and O–H groups in total. The number of hydrogen-bond acceptors (Lipinski definition) is 6. The number of carbonyl (C=O) groups is 1. The summed E-state index contributed by atoms with van der Waals surface area (Å²) in [6.45, 7) is 0.326. The number of benzene rings is 2. The summed E-state index contributed by atoms with van der Waals surface area (Å²) in [6, 6.07) is 13.0. The van der Waals surface area contributed by atoms with Crippen LogP contribution in [-0.2, 0) is 14.8 Å². The highest BCUT2D eigenvalue weighted by atomic mass is 32.2. The SMILES string of the molecule is COc1ccc2nc(NC(=O)C3CCCCN3S(=O)(=O)c3ccccc3)sc2c1. The fourth-order valence-electron chi connectivity index (χ4n) is 3.46. The molecule has 0 aliphatic carbocycles. The first kappa shape index (κ1) is 19.8. The average molecular weight is 432 g/mol. The topological polar surface area (TPSA) is 88.6 Å². The van der Waals surface area contributed by atoms with Crippen LogP contribution in [-0.4, -0.2) is 43.3 Å². The van der Waals surface area contributed by atoms with E-state index < -0.39 is 16.1 Å². The molecule has 0 spiro atoms. The molecule has 1 unspecified atom stereocenters. The van der Waals surface area contributed by atoms with E-state index in [4.69, 9.17) is 4.74 Å². The molecule has 2 aromatic carbocycles. The Hall–Kier alpha value is -2.49. The fourth-order valence-corrected chi connectivity index (χ4v) is 6.03. The first-order valence-corrected chi connectivity index (χ1v) is 11.6. The van der Waals surface area contributed by atoms with Gasteiger partial charge in [-0.2, -0.15) is 4.31 Å². The van der Waals surface area contributed by atoms with Crippen molar-refractivity contribution < 1.29 is 17.9 Å². The molecule has 7 nitrogen and oxygen atoms in total. The normalized spacial score (nSPS) is 17.9. The average Bonchev–Trinajstić information content (AvgIpc) is 3.15. The number of sulfonamides is 1. The molecule has 1 aromatic heterocycles. The number of carbonyl (C=O) groups excluding carboxylic acids is 1. The van der Waals surface area contributed by atoms with Crippen LogP contribution < -0.4 is 10.1 Å². The van der Waals surface area contributed by atoms with Gasteiger partial charge in [0.15, 0.2) is 5.13 Å². The van der Waals surface area contributed by atoms with Crippen molar-refractivity contribution in [2.45, 2.75) is 30.2 Å². The van der Waals surface area contributed by atoms with E-state index >= 15 is 0 Å². The van der Waals surface area contributed by atoms with Gasteiger partial charge < -0.3 is 10.1 Å². The van der Waals surface area contributed by atoms with Crippen molar-refractivity contribution in [2.24, 2.45) is 0 Å². The smallest absolute Gasteiger partial charge is 0.244 e. The Morgan fingerprint density at radius 2 is 2.00 bits per heavy atom. The van der Waals surface area contributed by atoms with Crippen molar-refractivity contribution in [2.75, 3.05) is 19.0 Å². The van der Waals surface area contributed by atoms with E-state index in [2.05, 4.69) is 10.3 Å². The van der Waals surface area contributed by atoms with E-state index in [9.17, 15) is 13.2 Å². The second-order valence-electron chi connectivity index (χ2n) is 6.78. The zero-order chi connectivity index (χ0) is 20.4. The molecule has 29 heavy (non-hydrogen) atoms. The Morgan fingerprint density at radius 3 is 2.76 bits per heavy atom. The minimum atomic E-state index is -3.74. The van der Waals surface area contributed by atoms with Crippen LogP contribution in [0.1, 0.15) is 19.3 Å². The van der Waals surface area contributed by atoms with Crippen LogP contribution in [0.4, 0.5) is 5.13 Å². The molecule has 1 fully saturated rings. The quantitative estimate of drug-likeness (QED) is 0.668. The Morgan fingerprint density at radius 1 is 1.21 bits per heavy atom. The van der Waals surface area contributed by atoms with Crippen molar-refractivity contribution in [3.8, 4) is 5.75 Å². The Labute approximate surface area is 173 Å². The number of nitrogens with zero attached hydrogens (tertiary/aromatic N) is 2. The molecular formula is C20H21N3O4S2. The van der Waals surface area contributed by atoms with Crippen LogP contribution >= 0.6 is 11.3 Å². The molecule has 1 atom stereocenters. The molecule has 0 saturated carbocycles. The summed E-state index contributed by atoms with van der Waals surface area (Å²) in [5.41, 5.74) is 0.753. The number of nitrogens with one attached hydrogen (secondary N) is 1. The Bertz CT molecular complexity index is 1130. The van der Waals surface area contributed by atoms with Gasteiger partial charge in [-0.1, -0.05) is 36.0 Å². The molecule has 152 valence electrons. The number of hydrogen-bond donors (Lipinski definition) is 1. The van der Waals surface area contributed by atoms with Gasteiger partial charge in [-0.3, -0.25) is 4.79 Å². The van der Waals surface area contributed by atoms with Crippen molar-refractivity contribution >= 4 is 42.6 Å². The molecule has 1 saturated heterocycles. The van der Waals surface area contributed by atoms with Crippen molar-refractivity contribution in [3.63, 3.8) is 0 Å². The van der Waals surface area contributed by atoms with Crippen LogP contribution in [0.15, 0.2) is 53.4 Å². The summed E-state index contributed by atoms with van der Waals surface area (Å²) in [6.07, 6.45) is 2.02. The number of ether oxygens (including phenoxy) is 1. The molecule has 0 radical (unpaired) electrons. The van der Waals surface area contributed by atoms with E-state index in [-0.39, 0.29) is 10.8 Å². The van der Waals surface area contributed by atoms with Gasteiger partial charge in [-0.15, -0.1) is 0 Å². The van der Waals surface area contributed by atoms with E-state index in [1.807, 2.05) is 18.2 Å². The Kier molecular flexibility index (Phi) is 5.53. The van der Waals surface area contributed by atoms with Crippen LogP contribution in [0.3, 0.4) is 0 Å². The lowest BCUT2D eigenvalue weighted by Gasteiger charge is -2.33. The maximum Gasteiger partial charge on any atom is 0.244 e. The third-order valence-electron chi connectivity index (χ3n) is 4.93. The van der Waals surface area contributed by atoms with E-state index in [0.29, 0.717) is 23.8 Å². The number of piperidine rings is 1. The lowest BCUT2D eigenvalue weighted by atomic mass is 10.0. The van der Waals surface area contributed by atoms with Gasteiger partial charge in [0.2, 0.25) is 15.9 Å². The summed E-state index contributed by atoms with van der Waals surface area (Å²) < 4.78 is 33.6. The van der Waals surface area contributed by atoms with Gasteiger partial charge in [0, 0.05) is 6.54 Å². The molecule has 1 amide bonds. The monoisotopic (exact) mass is 431 g/mol. The Balaban J connectivity index is 1.58.